The van der Waals surface area contributed by atoms with E-state index >= 15 is 0 Å². The van der Waals surface area contributed by atoms with Crippen LogP contribution in [0.1, 0.15) is 39.2 Å². The van der Waals surface area contributed by atoms with E-state index in [0.717, 1.165) is 5.76 Å². The maximum absolute atomic E-state index is 13.3. The lowest BCUT2D eigenvalue weighted by Crippen LogP contribution is -2.33. The molecule has 0 atom stereocenters. The summed E-state index contributed by atoms with van der Waals surface area (Å²) in [4.78, 5) is 27.3. The molecule has 1 aliphatic heterocycles. The molecule has 13 heteroatoms. The number of carbonyl (C=O) groups is 2. The molecule has 0 N–H and O–H groups in total. The Balaban J connectivity index is 1.56. The van der Waals surface area contributed by atoms with Crippen molar-refractivity contribution in [2.45, 2.75) is 25.0 Å². The molecule has 10 nitrogen and oxygen atoms in total. The third-order valence-electron chi connectivity index (χ3n) is 5.40. The van der Waals surface area contributed by atoms with E-state index in [1.165, 1.54) is 30.3 Å². The molecule has 0 aliphatic carbocycles. The maximum atomic E-state index is 13.3. The molecule has 38 heavy (non-hydrogen) atoms. The summed E-state index contributed by atoms with van der Waals surface area (Å²) in [6.07, 6.45) is 0. The van der Waals surface area contributed by atoms with Gasteiger partial charge >= 0.3 is 5.97 Å². The highest BCUT2D eigenvalue weighted by Crippen LogP contribution is 2.40. The molecule has 0 spiro atoms. The van der Waals surface area contributed by atoms with Crippen molar-refractivity contribution in [2.75, 3.05) is 27.4 Å². The number of nitrogens with zero attached hydrogens (tertiary/aromatic N) is 2. The van der Waals surface area contributed by atoms with Crippen LogP contribution in [0.2, 0.25) is 10.0 Å². The number of hydrogen-bond donors (Lipinski definition) is 0. The van der Waals surface area contributed by atoms with Crippen molar-refractivity contribution in [1.29, 1.82) is 0 Å². The van der Waals surface area contributed by atoms with Crippen LogP contribution in [0.15, 0.2) is 51.8 Å². The van der Waals surface area contributed by atoms with Crippen molar-refractivity contribution < 1.29 is 36.6 Å². The van der Waals surface area contributed by atoms with Crippen LogP contribution in [0.4, 0.5) is 0 Å². The molecule has 0 saturated carbocycles. The number of ether oxygens (including phenoxy) is 3. The maximum Gasteiger partial charge on any atom is 0.342 e. The summed E-state index contributed by atoms with van der Waals surface area (Å²) in [7, 11) is -0.571. The minimum Gasteiger partial charge on any atom is -0.493 e. The summed E-state index contributed by atoms with van der Waals surface area (Å²) in [5, 5.41) is 0.0411. The van der Waals surface area contributed by atoms with E-state index in [1.54, 1.807) is 13.0 Å². The molecule has 1 aromatic heterocycles. The van der Waals surface area contributed by atoms with Gasteiger partial charge in [0.1, 0.15) is 40.1 Å². The third-order valence-corrected chi connectivity index (χ3v) is 7.76. The number of esters is 1. The smallest absolute Gasteiger partial charge is 0.342 e. The zero-order valence-electron chi connectivity index (χ0n) is 20.7. The second-order valence-corrected chi connectivity index (χ2v) is 11.1. The van der Waals surface area contributed by atoms with Gasteiger partial charge in [0.25, 0.3) is 15.9 Å². The van der Waals surface area contributed by atoms with Gasteiger partial charge in [0, 0.05) is 12.1 Å². The zero-order chi connectivity index (χ0) is 27.6. The molecule has 2 heterocycles. The topological polar surface area (TPSA) is 116 Å². The Kier molecular flexibility index (Phi) is 8.22. The van der Waals surface area contributed by atoms with Crippen molar-refractivity contribution in [3.8, 4) is 11.5 Å². The summed E-state index contributed by atoms with van der Waals surface area (Å²) in [6.45, 7) is 1.59. The molecule has 3 aromatic rings. The SMILES string of the molecule is CCOc1cc(OCc2ccc(CN(C)C)o2)cc2c1C(=O)N(COC(=O)c1c(Cl)cccc1Cl)S2(=O)=O. The predicted octanol–water partition coefficient (Wildman–Crippen LogP) is 4.58. The molecule has 0 fully saturated rings. The van der Waals surface area contributed by atoms with Gasteiger partial charge in [0.05, 0.1) is 28.8 Å². The molecule has 0 unspecified atom stereocenters. The van der Waals surface area contributed by atoms with Crippen molar-refractivity contribution in [1.82, 2.24) is 9.21 Å². The Morgan fingerprint density at radius 1 is 1.05 bits per heavy atom. The number of halogens is 2. The van der Waals surface area contributed by atoms with E-state index < -0.39 is 28.6 Å². The van der Waals surface area contributed by atoms with Crippen LogP contribution in [0.3, 0.4) is 0 Å². The van der Waals surface area contributed by atoms with Gasteiger partial charge in [-0.25, -0.2) is 13.2 Å². The Labute approximate surface area is 229 Å². The first-order chi connectivity index (χ1) is 18.0. The Hall–Kier alpha value is -3.25. The first kappa shape index (κ1) is 27.8. The van der Waals surface area contributed by atoms with Crippen LogP contribution in [0.5, 0.6) is 11.5 Å². The minimum atomic E-state index is -4.40. The lowest BCUT2D eigenvalue weighted by Gasteiger charge is -2.15. The number of carbonyl (C=O) groups excluding carboxylic acids is 2. The highest BCUT2D eigenvalue weighted by Gasteiger charge is 2.45. The molecular weight excluding hydrogens is 559 g/mol. The molecule has 202 valence electrons. The standard InChI is InChI=1S/C25H24Cl2N2O8S/c1-4-34-20-10-17(35-13-16-9-8-15(37-16)12-28(2)3)11-21-23(20)24(30)29(38(21,32)33)14-36-25(31)22-18(26)6-5-7-19(22)27/h5-11H,4,12-14H2,1-3H3. The number of sulfonamides is 1. The van der Waals surface area contributed by atoms with Crippen molar-refractivity contribution in [3.05, 3.63) is 75.2 Å². The van der Waals surface area contributed by atoms with Crippen LogP contribution in [0.25, 0.3) is 0 Å². The minimum absolute atomic E-state index is 0.0179. The van der Waals surface area contributed by atoms with Crippen LogP contribution in [0, 0.1) is 0 Å². The highest BCUT2D eigenvalue weighted by molar-refractivity contribution is 7.90. The van der Waals surface area contributed by atoms with Gasteiger partial charge in [-0.3, -0.25) is 4.79 Å². The largest absolute Gasteiger partial charge is 0.493 e. The number of furan rings is 1. The Morgan fingerprint density at radius 3 is 2.39 bits per heavy atom. The average Bonchev–Trinajstić information content (AvgIpc) is 3.36. The van der Waals surface area contributed by atoms with E-state index in [2.05, 4.69) is 0 Å². The number of rotatable bonds is 10. The van der Waals surface area contributed by atoms with Gasteiger partial charge in [0.2, 0.25) is 0 Å². The summed E-state index contributed by atoms with van der Waals surface area (Å²) in [6, 6.07) is 10.6. The number of benzene rings is 2. The molecule has 0 bridgehead atoms. The van der Waals surface area contributed by atoms with Gasteiger partial charge in [-0.15, -0.1) is 0 Å². The molecule has 0 saturated heterocycles. The van der Waals surface area contributed by atoms with Crippen molar-refractivity contribution >= 4 is 45.1 Å². The first-order valence-electron chi connectivity index (χ1n) is 11.4. The van der Waals surface area contributed by atoms with Crippen LogP contribution < -0.4 is 9.47 Å². The second kappa shape index (κ2) is 11.2. The van der Waals surface area contributed by atoms with Gasteiger partial charge in [0.15, 0.2) is 6.73 Å². The second-order valence-electron chi connectivity index (χ2n) is 8.44. The Morgan fingerprint density at radius 2 is 1.74 bits per heavy atom. The van der Waals surface area contributed by atoms with Gasteiger partial charge in [-0.2, -0.15) is 4.31 Å². The van der Waals surface area contributed by atoms with E-state index in [4.69, 9.17) is 41.8 Å². The van der Waals surface area contributed by atoms with E-state index in [9.17, 15) is 18.0 Å². The fourth-order valence-corrected chi connectivity index (χ4v) is 5.75. The monoisotopic (exact) mass is 582 g/mol. The third kappa shape index (κ3) is 5.60. The fraction of sp³-hybridized carbons (Fsp3) is 0.280. The summed E-state index contributed by atoms with van der Waals surface area (Å²) in [5.41, 5.74) is -0.327. The number of hydrogen-bond acceptors (Lipinski definition) is 9. The Bertz CT molecular complexity index is 1470. The number of amides is 1. The van der Waals surface area contributed by atoms with Crippen LogP contribution in [-0.4, -0.2) is 56.9 Å². The predicted molar refractivity (Wildman–Crippen MR) is 138 cm³/mol. The molecule has 1 amide bonds. The molecule has 4 rings (SSSR count). The fourth-order valence-electron chi connectivity index (χ4n) is 3.75. The average molecular weight is 583 g/mol. The van der Waals surface area contributed by atoms with E-state index in [1.807, 2.05) is 25.1 Å². The van der Waals surface area contributed by atoms with E-state index in [0.29, 0.717) is 16.6 Å². The van der Waals surface area contributed by atoms with Crippen LogP contribution in [-0.2, 0) is 27.9 Å². The molecule has 0 radical (unpaired) electrons. The van der Waals surface area contributed by atoms with Crippen molar-refractivity contribution in [3.63, 3.8) is 0 Å². The number of fused-ring (bicyclic) bond motifs is 1. The van der Waals surface area contributed by atoms with Crippen molar-refractivity contribution in [2.24, 2.45) is 0 Å². The zero-order valence-corrected chi connectivity index (χ0v) is 23.0. The van der Waals surface area contributed by atoms with Gasteiger partial charge in [-0.1, -0.05) is 29.3 Å². The highest BCUT2D eigenvalue weighted by atomic mass is 35.5. The lowest BCUT2D eigenvalue weighted by atomic mass is 10.1. The first-order valence-corrected chi connectivity index (χ1v) is 13.6. The van der Waals surface area contributed by atoms with E-state index in [-0.39, 0.29) is 50.8 Å². The summed E-state index contributed by atoms with van der Waals surface area (Å²) < 4.78 is 49.2. The van der Waals surface area contributed by atoms with Crippen LogP contribution >= 0.6 is 23.2 Å². The lowest BCUT2D eigenvalue weighted by molar-refractivity contribution is 0.0358. The van der Waals surface area contributed by atoms with Gasteiger partial charge < -0.3 is 23.5 Å². The normalized spacial score (nSPS) is 14.1. The quantitative estimate of drug-likeness (QED) is 0.316. The van der Waals surface area contributed by atoms with Gasteiger partial charge in [-0.05, 0) is 45.3 Å². The summed E-state index contributed by atoms with van der Waals surface area (Å²) >= 11 is 12.0. The molecule has 2 aromatic carbocycles. The molecular formula is C25H24Cl2N2O8S. The summed E-state index contributed by atoms with van der Waals surface area (Å²) in [5.74, 6) is -0.451. The molecule has 1 aliphatic rings.